The van der Waals surface area contributed by atoms with Gasteiger partial charge in [-0.1, -0.05) is 114 Å². The highest BCUT2D eigenvalue weighted by Crippen LogP contribution is 2.38. The number of hydrogen-bond donors (Lipinski definition) is 1. The summed E-state index contributed by atoms with van der Waals surface area (Å²) in [4.78, 5) is 18.4. The standard InChI is InChI=1S/C35H31ClN4O3S/c1-23-9-8-12-26(19-23)21-42-29-17-15-27(16-18-29)32-31(33(41)43-20-25-10-4-3-5-11-25)24(2)37-34-38-35(39-40(32)34)44-22-28-13-6-7-14-30(28)36/h3-19,32H,20-22H2,1-2H3,(H,37,38,39). The summed E-state index contributed by atoms with van der Waals surface area (Å²) < 4.78 is 13.6. The molecule has 222 valence electrons. The molecule has 1 unspecified atom stereocenters. The zero-order valence-corrected chi connectivity index (χ0v) is 25.9. The van der Waals surface area contributed by atoms with Crippen molar-refractivity contribution in [2.24, 2.45) is 0 Å². The normalized spacial score (nSPS) is 14.1. The highest BCUT2D eigenvalue weighted by atomic mass is 35.5. The second-order valence-corrected chi connectivity index (χ2v) is 11.9. The average molecular weight is 623 g/mol. The van der Waals surface area contributed by atoms with Gasteiger partial charge in [-0.2, -0.15) is 4.98 Å². The van der Waals surface area contributed by atoms with Crippen molar-refractivity contribution >= 4 is 35.3 Å². The van der Waals surface area contributed by atoms with Crippen LogP contribution in [-0.4, -0.2) is 20.7 Å². The summed E-state index contributed by atoms with van der Waals surface area (Å²) in [5.41, 5.74) is 6.18. The quantitative estimate of drug-likeness (QED) is 0.124. The van der Waals surface area contributed by atoms with Gasteiger partial charge in [0.1, 0.15) is 25.0 Å². The number of thioether (sulfide) groups is 1. The molecule has 1 atom stereocenters. The Labute approximate surface area is 265 Å². The molecule has 9 heteroatoms. The predicted octanol–water partition coefficient (Wildman–Crippen LogP) is 8.14. The van der Waals surface area contributed by atoms with Gasteiger partial charge < -0.3 is 14.8 Å². The molecular formula is C35H31ClN4O3S. The van der Waals surface area contributed by atoms with Crippen LogP contribution in [0.5, 0.6) is 5.75 Å². The maximum atomic E-state index is 13.7. The van der Waals surface area contributed by atoms with Crippen molar-refractivity contribution in [1.82, 2.24) is 14.8 Å². The zero-order chi connectivity index (χ0) is 30.5. The highest BCUT2D eigenvalue weighted by Gasteiger charge is 2.35. The van der Waals surface area contributed by atoms with E-state index in [2.05, 4.69) is 24.4 Å². The summed E-state index contributed by atoms with van der Waals surface area (Å²) in [6, 6.07) is 32.8. The lowest BCUT2D eigenvalue weighted by atomic mass is 9.95. The van der Waals surface area contributed by atoms with Gasteiger partial charge in [0.25, 0.3) is 0 Å². The lowest BCUT2D eigenvalue weighted by molar-refractivity contribution is -0.140. The summed E-state index contributed by atoms with van der Waals surface area (Å²) in [6.45, 7) is 4.55. The Morgan fingerprint density at radius 2 is 1.66 bits per heavy atom. The first-order chi connectivity index (χ1) is 21.4. The molecule has 2 heterocycles. The number of allylic oxidation sites excluding steroid dienone is 1. The number of anilines is 1. The van der Waals surface area contributed by atoms with Crippen LogP contribution in [0.15, 0.2) is 120 Å². The van der Waals surface area contributed by atoms with Gasteiger partial charge >= 0.3 is 5.97 Å². The van der Waals surface area contributed by atoms with Gasteiger partial charge in [-0.15, -0.1) is 5.10 Å². The van der Waals surface area contributed by atoms with E-state index in [1.165, 1.54) is 17.3 Å². The summed E-state index contributed by atoms with van der Waals surface area (Å²) >= 11 is 7.86. The second-order valence-electron chi connectivity index (χ2n) is 10.5. The number of hydrogen-bond acceptors (Lipinski definition) is 7. The fourth-order valence-electron chi connectivity index (χ4n) is 5.04. The van der Waals surface area contributed by atoms with Crippen LogP contribution >= 0.6 is 23.4 Å². The second kappa shape index (κ2) is 13.4. The number of carbonyl (C=O) groups excluding carboxylic acids is 1. The average Bonchev–Trinajstić information content (AvgIpc) is 3.45. The van der Waals surface area contributed by atoms with Crippen LogP contribution in [0.1, 0.15) is 40.8 Å². The van der Waals surface area contributed by atoms with E-state index in [0.29, 0.717) is 39.8 Å². The molecule has 0 bridgehead atoms. The molecule has 1 aromatic heterocycles. The van der Waals surface area contributed by atoms with E-state index in [0.717, 1.165) is 28.0 Å². The zero-order valence-electron chi connectivity index (χ0n) is 24.4. The fourth-order valence-corrected chi connectivity index (χ4v) is 6.15. The van der Waals surface area contributed by atoms with Crippen molar-refractivity contribution in [2.45, 2.75) is 44.0 Å². The van der Waals surface area contributed by atoms with E-state index in [-0.39, 0.29) is 6.61 Å². The van der Waals surface area contributed by atoms with Crippen molar-refractivity contribution in [3.05, 3.63) is 147 Å². The van der Waals surface area contributed by atoms with Crippen LogP contribution in [0.3, 0.4) is 0 Å². The van der Waals surface area contributed by atoms with E-state index in [1.807, 2.05) is 97.9 Å². The van der Waals surface area contributed by atoms with Crippen LogP contribution < -0.4 is 10.1 Å². The van der Waals surface area contributed by atoms with Crippen LogP contribution in [0.25, 0.3) is 0 Å². The van der Waals surface area contributed by atoms with Gasteiger partial charge in [0.15, 0.2) is 0 Å². The molecule has 44 heavy (non-hydrogen) atoms. The minimum atomic E-state index is -0.553. The number of ether oxygens (including phenoxy) is 2. The molecule has 0 saturated carbocycles. The van der Waals surface area contributed by atoms with Gasteiger partial charge in [-0.25, -0.2) is 9.48 Å². The number of nitrogens with one attached hydrogen (secondary N) is 1. The largest absolute Gasteiger partial charge is 0.489 e. The molecule has 1 N–H and O–H groups in total. The van der Waals surface area contributed by atoms with Gasteiger partial charge in [0.05, 0.1) is 5.57 Å². The van der Waals surface area contributed by atoms with Crippen LogP contribution in [0.2, 0.25) is 5.02 Å². The Morgan fingerprint density at radius 3 is 2.43 bits per heavy atom. The van der Waals surface area contributed by atoms with E-state index in [4.69, 9.17) is 31.2 Å². The lowest BCUT2D eigenvalue weighted by Gasteiger charge is -2.28. The van der Waals surface area contributed by atoms with Gasteiger partial charge in [0.2, 0.25) is 11.1 Å². The third-order valence-electron chi connectivity index (χ3n) is 7.26. The van der Waals surface area contributed by atoms with E-state index in [1.54, 1.807) is 4.68 Å². The van der Waals surface area contributed by atoms with Crippen molar-refractivity contribution in [3.63, 3.8) is 0 Å². The monoisotopic (exact) mass is 622 g/mol. The summed E-state index contributed by atoms with van der Waals surface area (Å²) in [5.74, 6) is 1.47. The number of carbonyl (C=O) groups is 1. The van der Waals surface area contributed by atoms with E-state index in [9.17, 15) is 4.79 Å². The first-order valence-electron chi connectivity index (χ1n) is 14.2. The van der Waals surface area contributed by atoms with Crippen LogP contribution in [0, 0.1) is 6.92 Å². The Kier molecular flexibility index (Phi) is 9.00. The summed E-state index contributed by atoms with van der Waals surface area (Å²) in [7, 11) is 0. The van der Waals surface area contributed by atoms with Crippen molar-refractivity contribution in [3.8, 4) is 5.75 Å². The highest BCUT2D eigenvalue weighted by molar-refractivity contribution is 7.98. The minimum Gasteiger partial charge on any atom is -0.489 e. The Balaban J connectivity index is 1.27. The number of aryl methyl sites for hydroxylation is 1. The number of halogens is 1. The van der Waals surface area contributed by atoms with Gasteiger partial charge in [0, 0.05) is 16.5 Å². The molecule has 0 radical (unpaired) electrons. The number of nitrogens with zero attached hydrogens (tertiary/aromatic N) is 3. The number of benzene rings is 4. The minimum absolute atomic E-state index is 0.165. The Hall–Kier alpha value is -4.53. The lowest BCUT2D eigenvalue weighted by Crippen LogP contribution is -2.29. The van der Waals surface area contributed by atoms with Crippen molar-refractivity contribution in [2.75, 3.05) is 5.32 Å². The SMILES string of the molecule is CC1=C(C(=O)OCc2ccccc2)C(c2ccc(OCc3cccc(C)c3)cc2)n2nc(SCc3ccccc3Cl)nc2N1. The summed E-state index contributed by atoms with van der Waals surface area (Å²) in [5, 5.41) is 9.38. The van der Waals surface area contributed by atoms with Crippen LogP contribution in [0.4, 0.5) is 5.95 Å². The molecule has 6 rings (SSSR count). The number of fused-ring (bicyclic) bond motifs is 1. The molecule has 1 aliphatic rings. The molecule has 0 amide bonds. The number of esters is 1. The topological polar surface area (TPSA) is 78.3 Å². The molecule has 0 saturated heterocycles. The fraction of sp³-hybridized carbons (Fsp3) is 0.171. The smallest absolute Gasteiger partial charge is 0.338 e. The first-order valence-corrected chi connectivity index (χ1v) is 15.6. The third kappa shape index (κ3) is 6.82. The maximum Gasteiger partial charge on any atom is 0.338 e. The summed E-state index contributed by atoms with van der Waals surface area (Å²) in [6.07, 6.45) is 0. The molecule has 4 aromatic carbocycles. The van der Waals surface area contributed by atoms with E-state index < -0.39 is 12.0 Å². The van der Waals surface area contributed by atoms with Gasteiger partial charge in [-0.3, -0.25) is 0 Å². The van der Waals surface area contributed by atoms with Crippen molar-refractivity contribution in [1.29, 1.82) is 0 Å². The van der Waals surface area contributed by atoms with Crippen molar-refractivity contribution < 1.29 is 14.3 Å². The first kappa shape index (κ1) is 29.5. The Bertz CT molecular complexity index is 1800. The molecule has 1 aliphatic heterocycles. The molecule has 0 aliphatic carbocycles. The molecular weight excluding hydrogens is 592 g/mol. The predicted molar refractivity (Wildman–Crippen MR) is 174 cm³/mol. The molecule has 0 spiro atoms. The molecule has 5 aromatic rings. The van der Waals surface area contributed by atoms with Crippen LogP contribution in [-0.2, 0) is 28.5 Å². The molecule has 7 nitrogen and oxygen atoms in total. The number of rotatable bonds is 10. The van der Waals surface area contributed by atoms with Gasteiger partial charge in [-0.05, 0) is 54.3 Å². The third-order valence-corrected chi connectivity index (χ3v) is 8.52. The molecule has 0 fully saturated rings. The Morgan fingerprint density at radius 1 is 0.909 bits per heavy atom. The maximum absolute atomic E-state index is 13.7. The van der Waals surface area contributed by atoms with E-state index >= 15 is 0 Å². The number of aromatic nitrogens is 3.